The van der Waals surface area contributed by atoms with Gasteiger partial charge in [-0.1, -0.05) is 37.1 Å². The molecule has 1 aromatic rings. The predicted octanol–water partition coefficient (Wildman–Crippen LogP) is 3.99. The highest BCUT2D eigenvalue weighted by atomic mass is 19.1. The van der Waals surface area contributed by atoms with E-state index in [1.54, 1.807) is 46.8 Å². The Morgan fingerprint density at radius 1 is 1.10 bits per heavy atom. The number of hydrogen-bond acceptors (Lipinski definition) is 8. The van der Waals surface area contributed by atoms with E-state index in [1.165, 1.54) is 15.9 Å². The molecule has 268 valence electrons. The molecule has 0 aromatic heterocycles. The molecule has 0 spiro atoms. The normalized spacial score (nSPS) is 27.9. The summed E-state index contributed by atoms with van der Waals surface area (Å²) in [7, 11) is 0. The maximum atomic E-state index is 14.4. The Bertz CT molecular complexity index is 1480. The molecule has 4 aliphatic rings. The second-order valence-electron chi connectivity index (χ2n) is 14.6. The van der Waals surface area contributed by atoms with E-state index in [0.717, 1.165) is 19.3 Å². The number of hydroxylamine groups is 1. The van der Waals surface area contributed by atoms with E-state index in [-0.39, 0.29) is 38.1 Å². The monoisotopic (exact) mass is 685 g/mol. The number of alkyl carbamates (subject to hydrolysis) is 1. The molecule has 2 fully saturated rings. The summed E-state index contributed by atoms with van der Waals surface area (Å²) in [5.74, 6) is -2.31. The summed E-state index contributed by atoms with van der Waals surface area (Å²) in [5, 5.41) is 5.61. The van der Waals surface area contributed by atoms with Gasteiger partial charge in [0, 0.05) is 24.4 Å². The molecule has 5 amide bonds. The number of halogens is 1. The number of ether oxygens (including phenoxy) is 2. The maximum absolute atomic E-state index is 14.4. The van der Waals surface area contributed by atoms with Gasteiger partial charge < -0.3 is 25.0 Å². The molecule has 0 unspecified atom stereocenters. The lowest BCUT2D eigenvalue weighted by atomic mass is 10.0. The van der Waals surface area contributed by atoms with Gasteiger partial charge in [-0.25, -0.2) is 19.5 Å². The highest BCUT2D eigenvalue weighted by Gasteiger charge is 2.61. The third-order valence-electron chi connectivity index (χ3n) is 9.17. The van der Waals surface area contributed by atoms with E-state index in [4.69, 9.17) is 14.3 Å². The zero-order valence-corrected chi connectivity index (χ0v) is 28.9. The second kappa shape index (κ2) is 14.7. The van der Waals surface area contributed by atoms with Crippen LogP contribution < -0.4 is 16.1 Å². The predicted molar refractivity (Wildman–Crippen MR) is 175 cm³/mol. The summed E-state index contributed by atoms with van der Waals surface area (Å²) in [6.07, 6.45) is 4.87. The van der Waals surface area contributed by atoms with Crippen molar-refractivity contribution >= 4 is 29.9 Å². The van der Waals surface area contributed by atoms with Crippen LogP contribution in [0.15, 0.2) is 30.4 Å². The van der Waals surface area contributed by atoms with Gasteiger partial charge in [-0.15, -0.1) is 0 Å². The van der Waals surface area contributed by atoms with E-state index in [0.29, 0.717) is 30.4 Å². The van der Waals surface area contributed by atoms with Crippen LogP contribution in [0.5, 0.6) is 0 Å². The van der Waals surface area contributed by atoms with E-state index >= 15 is 0 Å². The Morgan fingerprint density at radius 2 is 1.88 bits per heavy atom. The Morgan fingerprint density at radius 3 is 2.59 bits per heavy atom. The summed E-state index contributed by atoms with van der Waals surface area (Å²) in [6, 6.07) is 2.54. The fraction of sp³-hybridized carbons (Fsp3) is 0.629. The van der Waals surface area contributed by atoms with Crippen LogP contribution in [0.25, 0.3) is 0 Å². The van der Waals surface area contributed by atoms with E-state index in [9.17, 15) is 28.4 Å². The molecule has 14 heteroatoms. The first kappa shape index (κ1) is 36.1. The van der Waals surface area contributed by atoms with Crippen molar-refractivity contribution in [1.29, 1.82) is 0 Å². The molecular formula is C35H48FN5O8. The molecule has 1 aliphatic carbocycles. The van der Waals surface area contributed by atoms with E-state index < -0.39 is 65.1 Å². The fourth-order valence-electron chi connectivity index (χ4n) is 6.60. The lowest BCUT2D eigenvalue weighted by molar-refractivity contribution is -0.145. The van der Waals surface area contributed by atoms with Crippen LogP contribution in [-0.4, -0.2) is 81.7 Å². The highest BCUT2D eigenvalue weighted by Crippen LogP contribution is 2.45. The van der Waals surface area contributed by atoms with Crippen LogP contribution in [0, 0.1) is 11.7 Å². The number of benzene rings is 1. The number of nitrogens with one attached hydrogen (secondary N) is 3. The largest absolute Gasteiger partial charge is 0.444 e. The number of carbonyl (C=O) groups is 5. The van der Waals surface area contributed by atoms with Crippen molar-refractivity contribution in [1.82, 2.24) is 25.9 Å². The Hall–Kier alpha value is -4.20. The standard InChI is InChI=1S/C35H48FN5O8/c1-21(2)49-39-31(44)35-17-23(35)13-9-7-6-8-10-15-27(37-32(45)48-34(3,4)5)30(43)41-19-24(16-28(41)29(42)38-35)47-33(46)40-18-22-12-11-14-26(36)25(22)20-40/h9,11-14,21,23-24,27-28H,6-8,10,15-20H2,1-5H3,(H,37,45)(H,38,42)(H,39,44)/b13-9-/t23-,24-,27+,28+,35-/m1/s1. The van der Waals surface area contributed by atoms with E-state index in [2.05, 4.69) is 16.1 Å². The van der Waals surface area contributed by atoms with Gasteiger partial charge in [0.25, 0.3) is 5.91 Å². The number of amides is 5. The van der Waals surface area contributed by atoms with Gasteiger partial charge in [-0.2, -0.15) is 0 Å². The van der Waals surface area contributed by atoms with Crippen molar-refractivity contribution in [2.45, 2.75) is 128 Å². The molecular weight excluding hydrogens is 637 g/mol. The fourth-order valence-corrected chi connectivity index (χ4v) is 6.60. The number of nitrogens with zero attached hydrogens (tertiary/aromatic N) is 2. The van der Waals surface area contributed by atoms with E-state index in [1.807, 2.05) is 12.2 Å². The number of fused-ring (bicyclic) bond motifs is 3. The van der Waals surface area contributed by atoms with Gasteiger partial charge in [0.15, 0.2) is 0 Å². The van der Waals surface area contributed by atoms with Crippen molar-refractivity contribution in [2.75, 3.05) is 6.54 Å². The SMILES string of the molecule is CC(C)ONC(=O)[C@@]12C[C@H]1/C=C\CCCCC[C@H](NC(=O)OC(C)(C)C)C(=O)N1C[C@H](OC(=O)N3Cc4cccc(F)c4C3)C[C@H]1C(=O)N2. The zero-order valence-electron chi connectivity index (χ0n) is 28.9. The summed E-state index contributed by atoms with van der Waals surface area (Å²) in [6.45, 7) is 8.76. The number of hydrogen-bond donors (Lipinski definition) is 3. The smallest absolute Gasteiger partial charge is 0.410 e. The average Bonchev–Trinajstić information content (AvgIpc) is 3.33. The van der Waals surface area contributed by atoms with Gasteiger partial charge in [-0.05, 0) is 71.9 Å². The number of rotatable bonds is 5. The Labute approximate surface area is 286 Å². The molecule has 1 aromatic carbocycles. The highest BCUT2D eigenvalue weighted by molar-refractivity contribution is 5.98. The Kier molecular flexibility index (Phi) is 10.9. The van der Waals surface area contributed by atoms with Gasteiger partial charge >= 0.3 is 12.2 Å². The van der Waals surface area contributed by atoms with Crippen LogP contribution in [0.4, 0.5) is 14.0 Å². The molecule has 3 N–H and O–H groups in total. The molecule has 1 saturated heterocycles. The summed E-state index contributed by atoms with van der Waals surface area (Å²) in [5.41, 5.74) is 1.47. The van der Waals surface area contributed by atoms with Crippen LogP contribution in [0.3, 0.4) is 0 Å². The van der Waals surface area contributed by atoms with Gasteiger partial charge in [0.2, 0.25) is 11.8 Å². The molecule has 49 heavy (non-hydrogen) atoms. The minimum atomic E-state index is -1.29. The lowest BCUT2D eigenvalue weighted by Gasteiger charge is -2.30. The first-order chi connectivity index (χ1) is 23.2. The maximum Gasteiger partial charge on any atom is 0.410 e. The van der Waals surface area contributed by atoms with Crippen LogP contribution in [0.1, 0.15) is 90.7 Å². The molecule has 5 atom stereocenters. The van der Waals surface area contributed by atoms with Crippen molar-refractivity contribution in [3.05, 3.63) is 47.3 Å². The molecule has 0 radical (unpaired) electrons. The van der Waals surface area contributed by atoms with Crippen molar-refractivity contribution < 1.29 is 42.7 Å². The van der Waals surface area contributed by atoms with Crippen molar-refractivity contribution in [3.8, 4) is 0 Å². The zero-order chi connectivity index (χ0) is 35.5. The quantitative estimate of drug-likeness (QED) is 0.311. The molecule has 1 saturated carbocycles. The van der Waals surface area contributed by atoms with Gasteiger partial charge in [0.05, 0.1) is 19.2 Å². The molecule has 3 heterocycles. The number of carbonyl (C=O) groups excluding carboxylic acids is 5. The van der Waals surface area contributed by atoms with Crippen LogP contribution >= 0.6 is 0 Å². The molecule has 0 bridgehead atoms. The minimum Gasteiger partial charge on any atom is -0.444 e. The third-order valence-corrected chi connectivity index (χ3v) is 9.17. The van der Waals surface area contributed by atoms with Crippen LogP contribution in [0.2, 0.25) is 0 Å². The van der Waals surface area contributed by atoms with Gasteiger partial charge in [0.1, 0.15) is 35.1 Å². The average molecular weight is 686 g/mol. The van der Waals surface area contributed by atoms with Crippen LogP contribution in [-0.2, 0) is 41.8 Å². The number of allylic oxidation sites excluding steroid dienone is 1. The topological polar surface area (TPSA) is 156 Å². The minimum absolute atomic E-state index is 0.0347. The summed E-state index contributed by atoms with van der Waals surface area (Å²) >= 11 is 0. The van der Waals surface area contributed by atoms with Gasteiger partial charge in [-0.3, -0.25) is 24.1 Å². The third kappa shape index (κ3) is 8.70. The lowest BCUT2D eigenvalue weighted by Crippen LogP contribution is -2.58. The molecule has 13 nitrogen and oxygen atoms in total. The summed E-state index contributed by atoms with van der Waals surface area (Å²) < 4.78 is 25.7. The van der Waals surface area contributed by atoms with Crippen molar-refractivity contribution in [2.24, 2.45) is 5.92 Å². The molecule has 3 aliphatic heterocycles. The first-order valence-corrected chi connectivity index (χ1v) is 17.1. The molecule has 5 rings (SSSR count). The Balaban J connectivity index is 1.39. The van der Waals surface area contributed by atoms with Crippen molar-refractivity contribution in [3.63, 3.8) is 0 Å². The second-order valence-corrected chi connectivity index (χ2v) is 14.6. The summed E-state index contributed by atoms with van der Waals surface area (Å²) in [4.78, 5) is 75.9. The first-order valence-electron chi connectivity index (χ1n) is 17.1.